The van der Waals surface area contributed by atoms with Gasteiger partial charge in [0.05, 0.1) is 0 Å². The number of aryl methyl sites for hydroxylation is 1. The van der Waals surface area contributed by atoms with Crippen LogP contribution in [-0.2, 0) is 21.2 Å². The monoisotopic (exact) mass is 378 g/mol. The molecule has 1 unspecified atom stereocenters. The van der Waals surface area contributed by atoms with Crippen LogP contribution in [0.1, 0.15) is 17.5 Å². The molecule has 1 fully saturated rings. The second-order valence-electron chi connectivity index (χ2n) is 6.25. The average Bonchev–Trinajstić information content (AvgIpc) is 2.77. The number of carbonyl (C=O) groups excluding carboxylic acids is 1. The van der Waals surface area contributed by atoms with Crippen molar-refractivity contribution < 1.29 is 26.4 Å². The molecule has 0 radical (unpaired) electrons. The molecule has 1 heterocycles. The Hall–Kier alpha value is -1.61. The summed E-state index contributed by atoms with van der Waals surface area (Å²) in [5.41, 5.74) is 1.81. The third-order valence-electron chi connectivity index (χ3n) is 4.25. The summed E-state index contributed by atoms with van der Waals surface area (Å²) in [5.74, 6) is -0.978. The van der Waals surface area contributed by atoms with Gasteiger partial charge in [-0.05, 0) is 25.3 Å². The van der Waals surface area contributed by atoms with Gasteiger partial charge >= 0.3 is 6.18 Å². The van der Waals surface area contributed by atoms with Crippen molar-refractivity contribution in [2.45, 2.75) is 31.2 Å². The van der Waals surface area contributed by atoms with Crippen LogP contribution >= 0.6 is 0 Å². The highest BCUT2D eigenvalue weighted by Gasteiger charge is 2.45. The first-order chi connectivity index (χ1) is 11.5. The Morgan fingerprint density at radius 3 is 2.36 bits per heavy atom. The second-order valence-corrected chi connectivity index (χ2v) is 8.48. The van der Waals surface area contributed by atoms with Crippen molar-refractivity contribution in [2.75, 3.05) is 26.7 Å². The van der Waals surface area contributed by atoms with Crippen LogP contribution in [0.25, 0.3) is 0 Å². The number of carbonyl (C=O) groups is 1. The Kier molecular flexibility index (Phi) is 5.78. The van der Waals surface area contributed by atoms with Gasteiger partial charge in [-0.1, -0.05) is 29.8 Å². The molecule has 1 saturated heterocycles. The van der Waals surface area contributed by atoms with Crippen molar-refractivity contribution in [3.05, 3.63) is 35.4 Å². The molecular formula is C16H21F3N2O3S. The molecule has 5 nitrogen and oxygen atoms in total. The predicted octanol–water partition coefficient (Wildman–Crippen LogP) is 1.96. The van der Waals surface area contributed by atoms with Crippen molar-refractivity contribution in [3.63, 3.8) is 0 Å². The van der Waals surface area contributed by atoms with Crippen LogP contribution in [0.4, 0.5) is 13.2 Å². The minimum absolute atomic E-state index is 0.0105. The largest absolute Gasteiger partial charge is 0.406 e. The minimum Gasteiger partial charge on any atom is -0.332 e. The quantitative estimate of drug-likeness (QED) is 0.787. The number of hydrogen-bond donors (Lipinski definition) is 0. The van der Waals surface area contributed by atoms with Crippen LogP contribution in [0, 0.1) is 6.92 Å². The van der Waals surface area contributed by atoms with Crippen molar-refractivity contribution in [1.29, 1.82) is 0 Å². The van der Waals surface area contributed by atoms with Crippen LogP contribution < -0.4 is 0 Å². The van der Waals surface area contributed by atoms with Gasteiger partial charge in [0, 0.05) is 20.1 Å². The van der Waals surface area contributed by atoms with Crippen LogP contribution in [0.3, 0.4) is 0 Å². The molecule has 25 heavy (non-hydrogen) atoms. The van der Waals surface area contributed by atoms with Crippen molar-refractivity contribution in [1.82, 2.24) is 9.21 Å². The summed E-state index contributed by atoms with van der Waals surface area (Å²) in [6.45, 7) is 0.395. The van der Waals surface area contributed by atoms with Crippen molar-refractivity contribution >= 4 is 15.9 Å². The van der Waals surface area contributed by atoms with E-state index in [9.17, 15) is 26.4 Å². The maximum absolute atomic E-state index is 12.8. The summed E-state index contributed by atoms with van der Waals surface area (Å²) in [7, 11) is -2.56. The number of nitrogens with zero attached hydrogens (tertiary/aromatic N) is 2. The molecule has 1 aromatic rings. The van der Waals surface area contributed by atoms with E-state index >= 15 is 0 Å². The minimum atomic E-state index is -4.59. The lowest BCUT2D eigenvalue weighted by atomic mass is 10.1. The summed E-state index contributed by atoms with van der Waals surface area (Å²) in [5, 5.41) is -1.43. The normalized spacial score (nSPS) is 20.6. The molecule has 0 bridgehead atoms. The maximum Gasteiger partial charge on any atom is 0.406 e. The number of rotatable bonds is 5. The molecular weight excluding hydrogens is 357 g/mol. The van der Waals surface area contributed by atoms with Gasteiger partial charge in [0.2, 0.25) is 15.9 Å². The predicted molar refractivity (Wildman–Crippen MR) is 87.5 cm³/mol. The molecule has 1 aliphatic heterocycles. The average molecular weight is 378 g/mol. The SMILES string of the molecule is Cc1ccc(CCN(CC(F)(F)F)C(=O)C2CCN(C)S2(=O)=O)cc1. The lowest BCUT2D eigenvalue weighted by Crippen LogP contribution is -2.47. The fourth-order valence-electron chi connectivity index (χ4n) is 2.75. The zero-order valence-corrected chi connectivity index (χ0v) is 14.9. The Morgan fingerprint density at radius 1 is 1.28 bits per heavy atom. The van der Waals surface area contributed by atoms with Gasteiger partial charge in [0.15, 0.2) is 5.25 Å². The fourth-order valence-corrected chi connectivity index (χ4v) is 4.35. The van der Waals surface area contributed by atoms with Gasteiger partial charge in [0.25, 0.3) is 0 Å². The molecule has 1 aromatic carbocycles. The molecule has 1 amide bonds. The van der Waals surface area contributed by atoms with Crippen LogP contribution in [0.5, 0.6) is 0 Å². The molecule has 2 rings (SSSR count). The number of halogens is 3. The van der Waals surface area contributed by atoms with E-state index in [2.05, 4.69) is 0 Å². The van der Waals surface area contributed by atoms with Gasteiger partial charge in [-0.3, -0.25) is 4.79 Å². The van der Waals surface area contributed by atoms with E-state index < -0.39 is 33.9 Å². The first-order valence-corrected chi connectivity index (χ1v) is 9.37. The number of alkyl halides is 3. The molecule has 0 saturated carbocycles. The molecule has 0 aliphatic carbocycles. The number of benzene rings is 1. The van der Waals surface area contributed by atoms with Crippen LogP contribution in [0.2, 0.25) is 0 Å². The summed E-state index contributed by atoms with van der Waals surface area (Å²) in [6, 6.07) is 7.24. The van der Waals surface area contributed by atoms with Gasteiger partial charge in [-0.25, -0.2) is 12.7 Å². The molecule has 140 valence electrons. The summed E-state index contributed by atoms with van der Waals surface area (Å²) >= 11 is 0. The Labute approximate surface area is 145 Å². The number of amides is 1. The molecule has 9 heteroatoms. The maximum atomic E-state index is 12.8. The molecule has 1 aliphatic rings. The zero-order chi connectivity index (χ0) is 18.8. The standard InChI is InChI=1S/C16H21F3N2O3S/c1-12-3-5-13(6-4-12)7-10-21(11-16(17,18)19)15(22)14-8-9-20(2)25(14,23)24/h3-6,14H,7-11H2,1-2H3. The topological polar surface area (TPSA) is 57.7 Å². The van der Waals surface area contributed by atoms with E-state index in [0.717, 1.165) is 15.4 Å². The number of hydrogen-bond acceptors (Lipinski definition) is 3. The Bertz CT molecular complexity index is 717. The van der Waals surface area contributed by atoms with E-state index in [-0.39, 0.29) is 25.9 Å². The fraction of sp³-hybridized carbons (Fsp3) is 0.562. The van der Waals surface area contributed by atoms with Gasteiger partial charge < -0.3 is 4.90 Å². The summed E-state index contributed by atoms with van der Waals surface area (Å²) in [4.78, 5) is 13.1. The van der Waals surface area contributed by atoms with Gasteiger partial charge in [-0.2, -0.15) is 13.2 Å². The highest BCUT2D eigenvalue weighted by atomic mass is 32.2. The zero-order valence-electron chi connectivity index (χ0n) is 14.1. The molecule has 0 aromatic heterocycles. The Morgan fingerprint density at radius 2 is 1.88 bits per heavy atom. The smallest absolute Gasteiger partial charge is 0.332 e. The van der Waals surface area contributed by atoms with Crippen LogP contribution in [-0.4, -0.2) is 61.6 Å². The first-order valence-electron chi connectivity index (χ1n) is 7.87. The third kappa shape index (κ3) is 4.94. The van der Waals surface area contributed by atoms with E-state index in [1.54, 1.807) is 12.1 Å². The molecule has 1 atom stereocenters. The number of sulfonamides is 1. The first kappa shape index (κ1) is 19.7. The lowest BCUT2D eigenvalue weighted by Gasteiger charge is -2.26. The third-order valence-corrected chi connectivity index (χ3v) is 6.46. The van der Waals surface area contributed by atoms with Crippen molar-refractivity contribution in [3.8, 4) is 0 Å². The van der Waals surface area contributed by atoms with Crippen molar-refractivity contribution in [2.24, 2.45) is 0 Å². The van der Waals surface area contributed by atoms with Gasteiger partial charge in [0.1, 0.15) is 6.54 Å². The van der Waals surface area contributed by atoms with E-state index in [0.29, 0.717) is 4.90 Å². The van der Waals surface area contributed by atoms with Gasteiger partial charge in [-0.15, -0.1) is 0 Å². The Balaban J connectivity index is 2.15. The summed E-state index contributed by atoms with van der Waals surface area (Å²) < 4.78 is 63.8. The van der Waals surface area contributed by atoms with E-state index in [1.807, 2.05) is 19.1 Å². The second kappa shape index (κ2) is 7.33. The lowest BCUT2D eigenvalue weighted by molar-refractivity contribution is -0.160. The highest BCUT2D eigenvalue weighted by molar-refractivity contribution is 7.90. The van der Waals surface area contributed by atoms with Crippen LogP contribution in [0.15, 0.2) is 24.3 Å². The van der Waals surface area contributed by atoms with E-state index in [1.165, 1.54) is 7.05 Å². The summed E-state index contributed by atoms with van der Waals surface area (Å²) in [6.07, 6.45) is -4.35. The highest BCUT2D eigenvalue weighted by Crippen LogP contribution is 2.24. The van der Waals surface area contributed by atoms with E-state index in [4.69, 9.17) is 0 Å². The molecule has 0 N–H and O–H groups in total. The molecule has 0 spiro atoms.